The molecule has 0 bridgehead atoms. The van der Waals surface area contributed by atoms with E-state index in [0.29, 0.717) is 17.6 Å². The smallest absolute Gasteiger partial charge is 0.238 e. The number of para-hydroxylation sites is 6. The molecule has 0 saturated heterocycles. The SMILES string of the molecule is c1ccc(-c2ccccc2-c2ccc3c(c2)c2cc(-c4ccccc4-c4ccccc4)ccc2n3-c2nc(-c3ccccc3-n3c4ccccc4c4ccccc43)nc(-c3ccccc3-n3c4ccccc4c4ccccc43)n2)cc1. The molecule has 0 N–H and O–H groups in total. The van der Waals surface area contributed by atoms with Crippen molar-refractivity contribution in [1.29, 1.82) is 0 Å². The first kappa shape index (κ1) is 46.2. The Labute approximate surface area is 467 Å². The van der Waals surface area contributed by atoms with Gasteiger partial charge in [-0.25, -0.2) is 4.98 Å². The van der Waals surface area contributed by atoms with Gasteiger partial charge in [0.1, 0.15) is 0 Å². The fourth-order valence-corrected chi connectivity index (χ4v) is 12.6. The van der Waals surface area contributed by atoms with E-state index >= 15 is 0 Å². The Balaban J connectivity index is 0.988. The summed E-state index contributed by atoms with van der Waals surface area (Å²) < 4.78 is 6.98. The van der Waals surface area contributed by atoms with E-state index < -0.39 is 0 Å². The lowest BCUT2D eigenvalue weighted by atomic mass is 9.92. The van der Waals surface area contributed by atoms with Gasteiger partial charge in [-0.05, 0) is 117 Å². The van der Waals surface area contributed by atoms with Crippen LogP contribution in [0.2, 0.25) is 0 Å². The van der Waals surface area contributed by atoms with Crippen molar-refractivity contribution in [2.75, 3.05) is 0 Å². The fourth-order valence-electron chi connectivity index (χ4n) is 12.6. The summed E-state index contributed by atoms with van der Waals surface area (Å²) in [5.41, 5.74) is 19.3. The molecule has 6 nitrogen and oxygen atoms in total. The van der Waals surface area contributed by atoms with Crippen molar-refractivity contribution < 1.29 is 0 Å². The Kier molecular flexibility index (Phi) is 10.8. The maximum atomic E-state index is 5.68. The number of hydrogen-bond donors (Lipinski definition) is 0. The van der Waals surface area contributed by atoms with Crippen molar-refractivity contribution in [1.82, 2.24) is 28.7 Å². The number of benzene rings is 12. The highest BCUT2D eigenvalue weighted by Crippen LogP contribution is 2.43. The van der Waals surface area contributed by atoms with E-state index in [-0.39, 0.29) is 0 Å². The zero-order valence-electron chi connectivity index (χ0n) is 43.9. The average Bonchev–Trinajstić information content (AvgIpc) is 4.34. The topological polar surface area (TPSA) is 53.5 Å². The molecule has 0 fully saturated rings. The van der Waals surface area contributed by atoms with Crippen LogP contribution in [0.15, 0.2) is 291 Å². The zero-order chi connectivity index (χ0) is 53.4. The van der Waals surface area contributed by atoms with Crippen LogP contribution in [0.25, 0.3) is 150 Å². The second-order valence-corrected chi connectivity index (χ2v) is 20.7. The van der Waals surface area contributed by atoms with Gasteiger partial charge in [-0.2, -0.15) is 9.97 Å². The third-order valence-corrected chi connectivity index (χ3v) is 16.2. The lowest BCUT2D eigenvalue weighted by molar-refractivity contribution is 0.950. The summed E-state index contributed by atoms with van der Waals surface area (Å²) in [6, 6.07) is 104. The molecule has 0 aliphatic heterocycles. The molecule has 0 amide bonds. The molecule has 0 spiro atoms. The molecule has 378 valence electrons. The minimum Gasteiger partial charge on any atom is -0.309 e. The molecule has 4 aromatic heterocycles. The molecule has 16 rings (SSSR count). The average molecular weight is 1030 g/mol. The summed E-state index contributed by atoms with van der Waals surface area (Å²) in [6.45, 7) is 0. The van der Waals surface area contributed by atoms with E-state index in [1.54, 1.807) is 0 Å². The predicted molar refractivity (Wildman–Crippen MR) is 335 cm³/mol. The first-order valence-electron chi connectivity index (χ1n) is 27.5. The van der Waals surface area contributed by atoms with Gasteiger partial charge in [0, 0.05) is 43.4 Å². The molecule has 0 unspecified atom stereocenters. The lowest BCUT2D eigenvalue weighted by Gasteiger charge is -2.17. The van der Waals surface area contributed by atoms with Crippen molar-refractivity contribution >= 4 is 65.4 Å². The molecule has 6 heteroatoms. The summed E-state index contributed by atoms with van der Waals surface area (Å²) in [5, 5.41) is 6.90. The van der Waals surface area contributed by atoms with Crippen LogP contribution < -0.4 is 0 Å². The normalized spacial score (nSPS) is 11.7. The van der Waals surface area contributed by atoms with Crippen LogP contribution in [0, 0.1) is 0 Å². The zero-order valence-corrected chi connectivity index (χ0v) is 43.9. The minimum absolute atomic E-state index is 0.513. The molecule has 0 aliphatic rings. The van der Waals surface area contributed by atoms with Gasteiger partial charge < -0.3 is 9.13 Å². The summed E-state index contributed by atoms with van der Waals surface area (Å²) in [4.78, 5) is 17.0. The molecule has 4 heterocycles. The van der Waals surface area contributed by atoms with E-state index in [1.165, 1.54) is 43.8 Å². The van der Waals surface area contributed by atoms with Crippen molar-refractivity contribution in [3.05, 3.63) is 291 Å². The summed E-state index contributed by atoms with van der Waals surface area (Å²) in [6.07, 6.45) is 0. The number of fused-ring (bicyclic) bond motifs is 9. The van der Waals surface area contributed by atoms with Gasteiger partial charge in [0.25, 0.3) is 0 Å². The van der Waals surface area contributed by atoms with Gasteiger partial charge >= 0.3 is 0 Å². The molecular weight excluding hydrogens is 985 g/mol. The van der Waals surface area contributed by atoms with Gasteiger partial charge in [0.05, 0.1) is 44.5 Å². The number of hydrogen-bond acceptors (Lipinski definition) is 3. The lowest BCUT2D eigenvalue weighted by Crippen LogP contribution is -2.09. The third-order valence-electron chi connectivity index (χ3n) is 16.2. The van der Waals surface area contributed by atoms with Crippen molar-refractivity contribution in [3.63, 3.8) is 0 Å². The highest BCUT2D eigenvalue weighted by molar-refractivity contribution is 6.13. The molecule has 0 aliphatic carbocycles. The molecule has 16 aromatic rings. The molecular formula is C75H48N6. The van der Waals surface area contributed by atoms with Crippen molar-refractivity contribution in [2.24, 2.45) is 0 Å². The van der Waals surface area contributed by atoms with Crippen molar-refractivity contribution in [2.45, 2.75) is 0 Å². The molecule has 12 aromatic carbocycles. The quantitative estimate of drug-likeness (QED) is 0.145. The van der Waals surface area contributed by atoms with E-state index in [2.05, 4.69) is 305 Å². The predicted octanol–water partition coefficient (Wildman–Crippen LogP) is 19.2. The first-order chi connectivity index (χ1) is 40.2. The van der Waals surface area contributed by atoms with Crippen LogP contribution >= 0.6 is 0 Å². The Hall–Kier alpha value is -11.0. The highest BCUT2D eigenvalue weighted by atomic mass is 15.2. The van der Waals surface area contributed by atoms with Gasteiger partial charge in [-0.15, -0.1) is 0 Å². The maximum absolute atomic E-state index is 5.68. The summed E-state index contributed by atoms with van der Waals surface area (Å²) in [7, 11) is 0. The highest BCUT2D eigenvalue weighted by Gasteiger charge is 2.25. The standard InChI is InChI=1S/C75H48N6/c1-3-23-49(24-4-1)53-27-7-9-29-55(53)51-43-45-71-63(47-51)64-48-52(56-30-10-8-28-54(56)50-25-5-2-6-26-50)44-46-72(64)81(71)75-77-73(61-35-15-21-41-69(61)79-65-37-17-11-31-57(65)58-32-12-18-38-66(58)79)76-74(78-75)62-36-16-22-42-70(62)80-67-39-19-13-33-59(67)60-34-14-20-40-68(60)80/h1-48H. The van der Waals surface area contributed by atoms with Crippen LogP contribution in [0.4, 0.5) is 0 Å². The van der Waals surface area contributed by atoms with Crippen molar-refractivity contribution in [3.8, 4) is 84.6 Å². The Morgan fingerprint density at radius 1 is 0.198 bits per heavy atom. The van der Waals surface area contributed by atoms with E-state index in [1.807, 2.05) is 0 Å². The number of nitrogens with zero attached hydrogens (tertiary/aromatic N) is 6. The second kappa shape index (κ2) is 18.9. The number of aromatic nitrogens is 6. The molecule has 0 atom stereocenters. The van der Waals surface area contributed by atoms with Crippen LogP contribution in [-0.2, 0) is 0 Å². The Morgan fingerprint density at radius 3 is 0.877 bits per heavy atom. The largest absolute Gasteiger partial charge is 0.309 e. The maximum Gasteiger partial charge on any atom is 0.238 e. The first-order valence-corrected chi connectivity index (χ1v) is 27.5. The molecule has 0 radical (unpaired) electrons. The van der Waals surface area contributed by atoms with Crippen LogP contribution in [0.5, 0.6) is 0 Å². The van der Waals surface area contributed by atoms with Gasteiger partial charge in [-0.3, -0.25) is 4.57 Å². The summed E-state index contributed by atoms with van der Waals surface area (Å²) >= 11 is 0. The molecule has 0 saturated carbocycles. The number of rotatable bonds is 9. The van der Waals surface area contributed by atoms with E-state index in [9.17, 15) is 0 Å². The van der Waals surface area contributed by atoms with Crippen LogP contribution in [-0.4, -0.2) is 28.7 Å². The molecule has 81 heavy (non-hydrogen) atoms. The van der Waals surface area contributed by atoms with Gasteiger partial charge in [-0.1, -0.05) is 218 Å². The fraction of sp³-hybridized carbons (Fsp3) is 0. The Bertz CT molecular complexity index is 4700. The van der Waals surface area contributed by atoms with Crippen LogP contribution in [0.3, 0.4) is 0 Å². The summed E-state index contributed by atoms with van der Waals surface area (Å²) in [5.74, 6) is 1.63. The van der Waals surface area contributed by atoms with E-state index in [4.69, 9.17) is 15.0 Å². The monoisotopic (exact) mass is 1030 g/mol. The Morgan fingerprint density at radius 2 is 0.494 bits per heavy atom. The van der Waals surface area contributed by atoms with Crippen LogP contribution in [0.1, 0.15) is 0 Å². The van der Waals surface area contributed by atoms with Gasteiger partial charge in [0.15, 0.2) is 11.6 Å². The van der Waals surface area contributed by atoms with E-state index in [0.717, 1.165) is 88.6 Å². The minimum atomic E-state index is 0.513. The second-order valence-electron chi connectivity index (χ2n) is 20.7. The third kappa shape index (κ3) is 7.53. The van der Waals surface area contributed by atoms with Gasteiger partial charge in [0.2, 0.25) is 5.95 Å².